The molecule has 1 aromatic carbocycles. The molecule has 0 aliphatic heterocycles. The summed E-state index contributed by atoms with van der Waals surface area (Å²) < 4.78 is 5.55. The van der Waals surface area contributed by atoms with Gasteiger partial charge in [0.15, 0.2) is 5.65 Å². The molecule has 0 atom stereocenters. The molecule has 0 radical (unpaired) electrons. The van der Waals surface area contributed by atoms with Crippen LogP contribution in [0, 0.1) is 0 Å². The number of H-pyrrole nitrogens is 1. The van der Waals surface area contributed by atoms with Crippen LogP contribution >= 0.6 is 0 Å². The molecule has 0 bridgehead atoms. The Morgan fingerprint density at radius 3 is 2.75 bits per heavy atom. The maximum absolute atomic E-state index is 5.55. The Bertz CT molecular complexity index is 720. The average Bonchev–Trinajstić information content (AvgIpc) is 2.88. The molecule has 0 unspecified atom stereocenters. The highest BCUT2D eigenvalue weighted by Gasteiger charge is 2.07. The van der Waals surface area contributed by atoms with E-state index in [2.05, 4.69) is 26.9 Å². The SMILES string of the molecule is CCCOc1ccc(-c2nc3nc(N)ncc3[nH]2)cc1. The van der Waals surface area contributed by atoms with Gasteiger partial charge in [0.25, 0.3) is 0 Å². The van der Waals surface area contributed by atoms with E-state index in [0.717, 1.165) is 35.7 Å². The summed E-state index contributed by atoms with van der Waals surface area (Å²) in [5, 5.41) is 0. The highest BCUT2D eigenvalue weighted by Crippen LogP contribution is 2.22. The van der Waals surface area contributed by atoms with E-state index in [9.17, 15) is 0 Å². The molecule has 2 heterocycles. The van der Waals surface area contributed by atoms with Crippen LogP contribution in [-0.2, 0) is 0 Å². The lowest BCUT2D eigenvalue weighted by Crippen LogP contribution is -1.94. The molecular formula is C14H15N5O. The van der Waals surface area contributed by atoms with E-state index in [-0.39, 0.29) is 5.95 Å². The number of rotatable bonds is 4. The molecular weight excluding hydrogens is 254 g/mol. The fourth-order valence-electron chi connectivity index (χ4n) is 1.89. The average molecular weight is 269 g/mol. The maximum Gasteiger partial charge on any atom is 0.222 e. The van der Waals surface area contributed by atoms with Crippen LogP contribution in [0.2, 0.25) is 0 Å². The molecule has 3 N–H and O–H groups in total. The Morgan fingerprint density at radius 1 is 1.20 bits per heavy atom. The minimum Gasteiger partial charge on any atom is -0.494 e. The fraction of sp³-hybridized carbons (Fsp3) is 0.214. The standard InChI is InChI=1S/C14H15N5O/c1-2-7-20-10-5-3-9(4-6-10)12-17-11-8-16-14(15)19-13(11)18-12/h3-6,8H,2,7H2,1H3,(H3,15,16,17,18,19). The van der Waals surface area contributed by atoms with E-state index in [1.165, 1.54) is 0 Å². The van der Waals surface area contributed by atoms with Gasteiger partial charge in [0.2, 0.25) is 5.95 Å². The number of nitrogen functional groups attached to an aromatic ring is 1. The van der Waals surface area contributed by atoms with E-state index >= 15 is 0 Å². The quantitative estimate of drug-likeness (QED) is 0.759. The first-order valence-electron chi connectivity index (χ1n) is 6.47. The molecule has 3 aromatic rings. The zero-order valence-corrected chi connectivity index (χ0v) is 11.1. The second-order valence-electron chi connectivity index (χ2n) is 4.42. The summed E-state index contributed by atoms with van der Waals surface area (Å²) in [6.07, 6.45) is 2.62. The largest absolute Gasteiger partial charge is 0.494 e. The van der Waals surface area contributed by atoms with Crippen LogP contribution in [0.4, 0.5) is 5.95 Å². The lowest BCUT2D eigenvalue weighted by Gasteiger charge is -2.04. The number of aromatic nitrogens is 4. The second kappa shape index (κ2) is 5.16. The number of benzene rings is 1. The molecule has 0 saturated heterocycles. The van der Waals surface area contributed by atoms with Crippen molar-refractivity contribution in [2.45, 2.75) is 13.3 Å². The van der Waals surface area contributed by atoms with Crippen molar-refractivity contribution >= 4 is 17.1 Å². The van der Waals surface area contributed by atoms with Gasteiger partial charge in [0, 0.05) is 5.56 Å². The van der Waals surface area contributed by atoms with Gasteiger partial charge in [-0.1, -0.05) is 6.92 Å². The monoisotopic (exact) mass is 269 g/mol. The normalized spacial score (nSPS) is 10.8. The molecule has 3 rings (SSSR count). The summed E-state index contributed by atoms with van der Waals surface area (Å²) in [7, 11) is 0. The van der Waals surface area contributed by atoms with Crippen molar-refractivity contribution in [1.82, 2.24) is 19.9 Å². The number of nitrogens with zero attached hydrogens (tertiary/aromatic N) is 3. The number of hydrogen-bond donors (Lipinski definition) is 2. The summed E-state index contributed by atoms with van der Waals surface area (Å²) in [6, 6.07) is 7.77. The first-order valence-corrected chi connectivity index (χ1v) is 6.47. The van der Waals surface area contributed by atoms with E-state index in [4.69, 9.17) is 10.5 Å². The Labute approximate surface area is 116 Å². The van der Waals surface area contributed by atoms with Crippen molar-refractivity contribution in [3.05, 3.63) is 30.5 Å². The zero-order chi connectivity index (χ0) is 13.9. The van der Waals surface area contributed by atoms with Crippen molar-refractivity contribution in [1.29, 1.82) is 0 Å². The maximum atomic E-state index is 5.55. The minimum atomic E-state index is 0.221. The van der Waals surface area contributed by atoms with Gasteiger partial charge in [-0.15, -0.1) is 0 Å². The molecule has 6 heteroatoms. The number of anilines is 1. The molecule has 0 amide bonds. The topological polar surface area (TPSA) is 89.7 Å². The van der Waals surface area contributed by atoms with Gasteiger partial charge in [-0.3, -0.25) is 0 Å². The van der Waals surface area contributed by atoms with E-state index in [0.29, 0.717) is 5.65 Å². The number of ether oxygens (including phenoxy) is 1. The summed E-state index contributed by atoms with van der Waals surface area (Å²) >= 11 is 0. The zero-order valence-electron chi connectivity index (χ0n) is 11.1. The van der Waals surface area contributed by atoms with E-state index in [1.807, 2.05) is 24.3 Å². The van der Waals surface area contributed by atoms with Gasteiger partial charge < -0.3 is 15.5 Å². The number of nitrogens with two attached hydrogens (primary N) is 1. The number of hydrogen-bond acceptors (Lipinski definition) is 5. The van der Waals surface area contributed by atoms with Gasteiger partial charge in [-0.2, -0.15) is 4.98 Å². The van der Waals surface area contributed by atoms with Gasteiger partial charge in [-0.05, 0) is 30.7 Å². The summed E-state index contributed by atoms with van der Waals surface area (Å²) in [6.45, 7) is 2.80. The third-order valence-corrected chi connectivity index (χ3v) is 2.86. The van der Waals surface area contributed by atoms with Crippen molar-refractivity contribution in [3.63, 3.8) is 0 Å². The first-order chi connectivity index (χ1) is 9.76. The van der Waals surface area contributed by atoms with Crippen LogP contribution in [0.1, 0.15) is 13.3 Å². The van der Waals surface area contributed by atoms with Crippen LogP contribution in [0.5, 0.6) is 5.75 Å². The van der Waals surface area contributed by atoms with E-state index in [1.54, 1.807) is 6.20 Å². The highest BCUT2D eigenvalue weighted by atomic mass is 16.5. The molecule has 0 aliphatic rings. The number of fused-ring (bicyclic) bond motifs is 1. The van der Waals surface area contributed by atoms with Crippen molar-refractivity contribution in [2.24, 2.45) is 0 Å². The van der Waals surface area contributed by atoms with E-state index < -0.39 is 0 Å². The summed E-state index contributed by atoms with van der Waals surface area (Å²) in [5.41, 5.74) is 7.84. The third kappa shape index (κ3) is 2.40. The molecule has 20 heavy (non-hydrogen) atoms. The van der Waals surface area contributed by atoms with Gasteiger partial charge in [-0.25, -0.2) is 9.97 Å². The second-order valence-corrected chi connectivity index (χ2v) is 4.42. The van der Waals surface area contributed by atoms with Gasteiger partial charge in [0.1, 0.15) is 17.1 Å². The molecule has 0 saturated carbocycles. The molecule has 0 aliphatic carbocycles. The molecule has 2 aromatic heterocycles. The van der Waals surface area contributed by atoms with Crippen molar-refractivity contribution in [2.75, 3.05) is 12.3 Å². The minimum absolute atomic E-state index is 0.221. The van der Waals surface area contributed by atoms with Gasteiger partial charge in [0.05, 0.1) is 12.8 Å². The van der Waals surface area contributed by atoms with Crippen LogP contribution in [0.3, 0.4) is 0 Å². The lowest BCUT2D eigenvalue weighted by molar-refractivity contribution is 0.317. The first kappa shape index (κ1) is 12.4. The molecule has 102 valence electrons. The van der Waals surface area contributed by atoms with Crippen LogP contribution < -0.4 is 10.5 Å². The predicted octanol–water partition coefficient (Wildman–Crippen LogP) is 2.39. The Kier molecular flexibility index (Phi) is 3.20. The van der Waals surface area contributed by atoms with Crippen molar-refractivity contribution in [3.8, 4) is 17.1 Å². The molecule has 6 nitrogen and oxygen atoms in total. The smallest absolute Gasteiger partial charge is 0.222 e. The molecule has 0 fully saturated rings. The van der Waals surface area contributed by atoms with Crippen LogP contribution in [-0.4, -0.2) is 26.5 Å². The summed E-state index contributed by atoms with van der Waals surface area (Å²) in [5.74, 6) is 1.82. The highest BCUT2D eigenvalue weighted by molar-refractivity contribution is 5.75. The van der Waals surface area contributed by atoms with Crippen molar-refractivity contribution < 1.29 is 4.74 Å². The Hall–Kier alpha value is -2.63. The number of nitrogens with one attached hydrogen (secondary N) is 1. The fourth-order valence-corrected chi connectivity index (χ4v) is 1.89. The Balaban J connectivity index is 1.90. The van der Waals surface area contributed by atoms with Gasteiger partial charge >= 0.3 is 0 Å². The van der Waals surface area contributed by atoms with Crippen LogP contribution in [0.25, 0.3) is 22.6 Å². The third-order valence-electron chi connectivity index (χ3n) is 2.86. The predicted molar refractivity (Wildman–Crippen MR) is 77.3 cm³/mol. The number of imidazole rings is 1. The van der Waals surface area contributed by atoms with Crippen LogP contribution in [0.15, 0.2) is 30.5 Å². The Morgan fingerprint density at radius 2 is 2.00 bits per heavy atom. The number of aromatic amines is 1. The summed E-state index contributed by atoms with van der Waals surface area (Å²) in [4.78, 5) is 15.6. The lowest BCUT2D eigenvalue weighted by atomic mass is 10.2. The molecule has 0 spiro atoms.